The van der Waals surface area contributed by atoms with E-state index in [0.29, 0.717) is 5.56 Å². The van der Waals surface area contributed by atoms with Crippen molar-refractivity contribution in [2.24, 2.45) is 0 Å². The maximum Gasteiger partial charge on any atom is 0.269 e. The van der Waals surface area contributed by atoms with Crippen LogP contribution < -0.4 is 5.32 Å². The fourth-order valence-corrected chi connectivity index (χ4v) is 2.44. The number of hydrogen-bond acceptors (Lipinski definition) is 4. The van der Waals surface area contributed by atoms with Crippen LogP contribution in [0.2, 0.25) is 0 Å². The summed E-state index contributed by atoms with van der Waals surface area (Å²) < 4.78 is 12.9. The monoisotopic (exact) mass is 318 g/mol. The Hall–Kier alpha value is -2.31. The van der Waals surface area contributed by atoms with Gasteiger partial charge in [-0.05, 0) is 37.1 Å². The maximum absolute atomic E-state index is 12.9. The Kier molecular flexibility index (Phi) is 5.41. The second kappa shape index (κ2) is 7.30. The van der Waals surface area contributed by atoms with Crippen molar-refractivity contribution in [2.75, 3.05) is 0 Å². The van der Waals surface area contributed by atoms with Gasteiger partial charge in [0.1, 0.15) is 5.82 Å². The van der Waals surface area contributed by atoms with E-state index in [1.165, 1.54) is 36.4 Å². The van der Waals surface area contributed by atoms with Crippen LogP contribution in [-0.4, -0.2) is 16.1 Å². The number of hydrogen-bond donors (Lipinski definition) is 2. The lowest BCUT2D eigenvalue weighted by molar-refractivity contribution is -0.384. The molecule has 3 atom stereocenters. The zero-order chi connectivity index (χ0) is 17.0. The maximum atomic E-state index is 12.9. The summed E-state index contributed by atoms with van der Waals surface area (Å²) in [5, 5.41) is 24.4. The highest BCUT2D eigenvalue weighted by atomic mass is 19.1. The van der Waals surface area contributed by atoms with Gasteiger partial charge in [0, 0.05) is 24.2 Å². The van der Waals surface area contributed by atoms with E-state index in [2.05, 4.69) is 5.32 Å². The topological polar surface area (TPSA) is 75.4 Å². The molecule has 2 rings (SSSR count). The SMILES string of the molecule is CC(NC(C)C(O)c1ccc(F)cc1)c1cccc([N+](=O)[O-])c1. The number of nitro benzene ring substituents is 1. The van der Waals surface area contributed by atoms with Crippen LogP contribution in [0.1, 0.15) is 37.1 Å². The number of nitro groups is 1. The van der Waals surface area contributed by atoms with Gasteiger partial charge in [-0.15, -0.1) is 0 Å². The smallest absolute Gasteiger partial charge is 0.269 e. The summed E-state index contributed by atoms with van der Waals surface area (Å²) in [5.41, 5.74) is 1.40. The van der Waals surface area contributed by atoms with Gasteiger partial charge in [-0.3, -0.25) is 10.1 Å². The van der Waals surface area contributed by atoms with Crippen LogP contribution in [0.15, 0.2) is 48.5 Å². The Balaban J connectivity index is 2.06. The zero-order valence-electron chi connectivity index (χ0n) is 12.9. The molecule has 3 unspecified atom stereocenters. The second-order valence-electron chi connectivity index (χ2n) is 5.53. The number of nitrogens with zero attached hydrogens (tertiary/aromatic N) is 1. The van der Waals surface area contributed by atoms with Crippen LogP contribution in [0, 0.1) is 15.9 Å². The summed E-state index contributed by atoms with van der Waals surface area (Å²) in [7, 11) is 0. The largest absolute Gasteiger partial charge is 0.387 e. The van der Waals surface area contributed by atoms with Crippen molar-refractivity contribution in [3.8, 4) is 0 Å². The quantitative estimate of drug-likeness (QED) is 0.631. The molecule has 0 aromatic heterocycles. The standard InChI is InChI=1S/C17H19FN2O3/c1-11(14-4-3-5-16(10-14)20(22)23)19-12(2)17(21)13-6-8-15(18)9-7-13/h3-12,17,19,21H,1-2H3. The fourth-order valence-electron chi connectivity index (χ4n) is 2.44. The molecule has 2 aromatic rings. The van der Waals surface area contributed by atoms with E-state index in [4.69, 9.17) is 0 Å². The zero-order valence-corrected chi connectivity index (χ0v) is 12.9. The van der Waals surface area contributed by atoms with E-state index in [9.17, 15) is 19.6 Å². The van der Waals surface area contributed by atoms with Crippen LogP contribution in [-0.2, 0) is 0 Å². The van der Waals surface area contributed by atoms with Gasteiger partial charge in [0.15, 0.2) is 0 Å². The number of halogens is 1. The molecule has 0 aliphatic heterocycles. The molecule has 0 fully saturated rings. The van der Waals surface area contributed by atoms with E-state index >= 15 is 0 Å². The number of aliphatic hydroxyl groups excluding tert-OH is 1. The van der Waals surface area contributed by atoms with Crippen LogP contribution in [0.5, 0.6) is 0 Å². The molecule has 0 aliphatic rings. The molecule has 0 saturated carbocycles. The molecule has 2 N–H and O–H groups in total. The Morgan fingerprint density at radius 3 is 2.39 bits per heavy atom. The minimum Gasteiger partial charge on any atom is -0.387 e. The summed E-state index contributed by atoms with van der Waals surface area (Å²) in [4.78, 5) is 10.4. The van der Waals surface area contributed by atoms with Gasteiger partial charge in [-0.25, -0.2) is 4.39 Å². The van der Waals surface area contributed by atoms with Gasteiger partial charge in [-0.2, -0.15) is 0 Å². The predicted octanol–water partition coefficient (Wildman–Crippen LogP) is 3.51. The Labute approximate surface area is 133 Å². The molecule has 23 heavy (non-hydrogen) atoms. The van der Waals surface area contributed by atoms with Gasteiger partial charge in [0.25, 0.3) is 5.69 Å². The third kappa shape index (κ3) is 4.34. The number of non-ortho nitro benzene ring substituents is 1. The van der Waals surface area contributed by atoms with Crippen LogP contribution >= 0.6 is 0 Å². The summed E-state index contributed by atoms with van der Waals surface area (Å²) in [6.07, 6.45) is -0.809. The predicted molar refractivity (Wildman–Crippen MR) is 85.5 cm³/mol. The first-order valence-corrected chi connectivity index (χ1v) is 7.32. The van der Waals surface area contributed by atoms with Crippen molar-refractivity contribution in [1.82, 2.24) is 5.32 Å². The average molecular weight is 318 g/mol. The molecule has 2 aromatic carbocycles. The number of aliphatic hydroxyl groups is 1. The van der Waals surface area contributed by atoms with Crippen LogP contribution in [0.25, 0.3) is 0 Å². The third-order valence-corrected chi connectivity index (χ3v) is 3.78. The lowest BCUT2D eigenvalue weighted by Crippen LogP contribution is -2.34. The Bertz CT molecular complexity index is 676. The van der Waals surface area contributed by atoms with E-state index < -0.39 is 11.0 Å². The van der Waals surface area contributed by atoms with Crippen molar-refractivity contribution in [2.45, 2.75) is 32.0 Å². The molecule has 0 spiro atoms. The molecule has 0 saturated heterocycles. The van der Waals surface area contributed by atoms with Crippen LogP contribution in [0.3, 0.4) is 0 Å². The van der Waals surface area contributed by atoms with Crippen molar-refractivity contribution in [1.29, 1.82) is 0 Å². The first-order chi connectivity index (χ1) is 10.9. The molecule has 122 valence electrons. The third-order valence-electron chi connectivity index (χ3n) is 3.78. The molecule has 0 amide bonds. The highest BCUT2D eigenvalue weighted by Crippen LogP contribution is 2.23. The van der Waals surface area contributed by atoms with E-state index in [1.807, 2.05) is 13.8 Å². The van der Waals surface area contributed by atoms with Gasteiger partial charge in [-0.1, -0.05) is 24.3 Å². The summed E-state index contributed by atoms with van der Waals surface area (Å²) in [5.74, 6) is -0.355. The fraction of sp³-hybridized carbons (Fsp3) is 0.294. The minimum absolute atomic E-state index is 0.0305. The lowest BCUT2D eigenvalue weighted by Gasteiger charge is -2.25. The Morgan fingerprint density at radius 2 is 1.78 bits per heavy atom. The number of nitrogens with one attached hydrogen (secondary N) is 1. The van der Waals surface area contributed by atoms with E-state index in [-0.39, 0.29) is 23.6 Å². The lowest BCUT2D eigenvalue weighted by atomic mass is 10.0. The molecule has 0 heterocycles. The Morgan fingerprint density at radius 1 is 1.13 bits per heavy atom. The van der Waals surface area contributed by atoms with E-state index in [1.54, 1.807) is 12.1 Å². The second-order valence-corrected chi connectivity index (χ2v) is 5.53. The van der Waals surface area contributed by atoms with Crippen molar-refractivity contribution in [3.63, 3.8) is 0 Å². The van der Waals surface area contributed by atoms with Gasteiger partial charge >= 0.3 is 0 Å². The van der Waals surface area contributed by atoms with Crippen molar-refractivity contribution in [3.05, 3.63) is 75.6 Å². The minimum atomic E-state index is -0.809. The molecule has 6 heteroatoms. The van der Waals surface area contributed by atoms with Crippen molar-refractivity contribution < 1.29 is 14.4 Å². The normalized spacial score (nSPS) is 15.0. The molecule has 0 radical (unpaired) electrons. The summed E-state index contributed by atoms with van der Waals surface area (Å²) in [6, 6.07) is 11.6. The van der Waals surface area contributed by atoms with E-state index in [0.717, 1.165) is 5.56 Å². The molecular formula is C17H19FN2O3. The summed E-state index contributed by atoms with van der Waals surface area (Å²) >= 11 is 0. The van der Waals surface area contributed by atoms with Gasteiger partial charge < -0.3 is 10.4 Å². The molecular weight excluding hydrogens is 299 g/mol. The summed E-state index contributed by atoms with van der Waals surface area (Å²) in [6.45, 7) is 3.68. The molecule has 5 nitrogen and oxygen atoms in total. The average Bonchev–Trinajstić information content (AvgIpc) is 2.54. The molecule has 0 aliphatic carbocycles. The van der Waals surface area contributed by atoms with Crippen LogP contribution in [0.4, 0.5) is 10.1 Å². The number of rotatable bonds is 6. The first-order valence-electron chi connectivity index (χ1n) is 7.32. The highest BCUT2D eigenvalue weighted by Gasteiger charge is 2.19. The number of benzene rings is 2. The van der Waals surface area contributed by atoms with Crippen molar-refractivity contribution >= 4 is 5.69 Å². The van der Waals surface area contributed by atoms with Gasteiger partial charge in [0.2, 0.25) is 0 Å². The first kappa shape index (κ1) is 17.1. The highest BCUT2D eigenvalue weighted by molar-refractivity contribution is 5.35. The molecule has 0 bridgehead atoms. The van der Waals surface area contributed by atoms with Gasteiger partial charge in [0.05, 0.1) is 11.0 Å².